The number of amides is 1. The van der Waals surface area contributed by atoms with Gasteiger partial charge in [0.15, 0.2) is 0 Å². The molecule has 2 N–H and O–H groups in total. The average Bonchev–Trinajstić information content (AvgIpc) is 2.01. The third kappa shape index (κ3) is 2.78. The molecule has 1 unspecified atom stereocenters. The van der Waals surface area contributed by atoms with Crippen LogP contribution in [0.25, 0.3) is 0 Å². The summed E-state index contributed by atoms with van der Waals surface area (Å²) in [4.78, 5) is 10.3. The Labute approximate surface area is 71.9 Å². The van der Waals surface area contributed by atoms with Crippen molar-refractivity contribution in [3.63, 3.8) is 0 Å². The van der Waals surface area contributed by atoms with E-state index in [0.29, 0.717) is 12.5 Å². The van der Waals surface area contributed by atoms with E-state index in [4.69, 9.17) is 5.73 Å². The minimum Gasteiger partial charge on any atom is -0.445 e. The second-order valence-electron chi connectivity index (χ2n) is 3.00. The Bertz CT molecular complexity index is 231. The molecule has 0 heterocycles. The summed E-state index contributed by atoms with van der Waals surface area (Å²) in [6, 6.07) is 0. The molecule has 1 aliphatic rings. The van der Waals surface area contributed by atoms with Crippen molar-refractivity contribution in [2.45, 2.75) is 13.3 Å². The van der Waals surface area contributed by atoms with Gasteiger partial charge in [0, 0.05) is 0 Å². The fourth-order valence-corrected chi connectivity index (χ4v) is 1.20. The van der Waals surface area contributed by atoms with E-state index >= 15 is 0 Å². The molecule has 1 aliphatic carbocycles. The lowest BCUT2D eigenvalue weighted by Crippen LogP contribution is -2.15. The first-order chi connectivity index (χ1) is 5.68. The summed E-state index contributed by atoms with van der Waals surface area (Å²) in [5.41, 5.74) is 5.95. The number of primary amides is 1. The van der Waals surface area contributed by atoms with Crippen molar-refractivity contribution in [1.29, 1.82) is 0 Å². The van der Waals surface area contributed by atoms with Gasteiger partial charge in [0.25, 0.3) is 0 Å². The normalized spacial score (nSPS) is 21.8. The van der Waals surface area contributed by atoms with Gasteiger partial charge in [-0.05, 0) is 17.9 Å². The first-order valence-corrected chi connectivity index (χ1v) is 3.97. The standard InChI is InChI=1S/C9H13NO2/c1-7-3-2-4-8(5-7)6-12-9(10)11/h2-4,7H,5-6H2,1H3,(H2,10,11). The molecule has 66 valence electrons. The summed E-state index contributed by atoms with van der Waals surface area (Å²) < 4.78 is 4.67. The minimum absolute atomic E-state index is 0.323. The van der Waals surface area contributed by atoms with Crippen molar-refractivity contribution in [3.8, 4) is 0 Å². The molecular weight excluding hydrogens is 154 g/mol. The molecule has 0 aliphatic heterocycles. The van der Waals surface area contributed by atoms with E-state index in [2.05, 4.69) is 17.7 Å². The highest BCUT2D eigenvalue weighted by molar-refractivity contribution is 5.64. The van der Waals surface area contributed by atoms with E-state index < -0.39 is 6.09 Å². The van der Waals surface area contributed by atoms with Crippen LogP contribution in [0.4, 0.5) is 4.79 Å². The van der Waals surface area contributed by atoms with Crippen molar-refractivity contribution < 1.29 is 9.53 Å². The van der Waals surface area contributed by atoms with Crippen LogP contribution in [0.3, 0.4) is 0 Å². The van der Waals surface area contributed by atoms with Crippen LogP contribution in [0.5, 0.6) is 0 Å². The second kappa shape index (κ2) is 3.95. The Balaban J connectivity index is 2.37. The summed E-state index contributed by atoms with van der Waals surface area (Å²) in [6.07, 6.45) is 6.30. The second-order valence-corrected chi connectivity index (χ2v) is 3.00. The maximum atomic E-state index is 10.3. The van der Waals surface area contributed by atoms with E-state index in [9.17, 15) is 4.79 Å². The maximum absolute atomic E-state index is 10.3. The molecule has 0 radical (unpaired) electrons. The number of nitrogens with two attached hydrogens (primary N) is 1. The Hall–Kier alpha value is -1.25. The number of rotatable bonds is 2. The van der Waals surface area contributed by atoms with Crippen LogP contribution in [-0.4, -0.2) is 12.7 Å². The SMILES string of the molecule is CC1C=CC=C(COC(N)=O)C1. The van der Waals surface area contributed by atoms with Crippen LogP contribution in [0.15, 0.2) is 23.8 Å². The first-order valence-electron chi connectivity index (χ1n) is 3.97. The van der Waals surface area contributed by atoms with E-state index in [1.807, 2.05) is 12.2 Å². The Morgan fingerprint density at radius 3 is 3.17 bits per heavy atom. The summed E-state index contributed by atoms with van der Waals surface area (Å²) in [7, 11) is 0. The Kier molecular flexibility index (Phi) is 2.91. The highest BCUT2D eigenvalue weighted by Crippen LogP contribution is 2.17. The highest BCUT2D eigenvalue weighted by atomic mass is 16.5. The minimum atomic E-state index is -0.710. The number of carbonyl (C=O) groups is 1. The van der Waals surface area contributed by atoms with Crippen molar-refractivity contribution >= 4 is 6.09 Å². The van der Waals surface area contributed by atoms with Gasteiger partial charge in [0.2, 0.25) is 0 Å². The average molecular weight is 167 g/mol. The van der Waals surface area contributed by atoms with E-state index in [-0.39, 0.29) is 0 Å². The number of hydrogen-bond donors (Lipinski definition) is 1. The van der Waals surface area contributed by atoms with Gasteiger partial charge in [-0.1, -0.05) is 25.2 Å². The molecule has 3 nitrogen and oxygen atoms in total. The van der Waals surface area contributed by atoms with Crippen LogP contribution in [0.2, 0.25) is 0 Å². The molecule has 0 aromatic carbocycles. The fraction of sp³-hybridized carbons (Fsp3) is 0.444. The lowest BCUT2D eigenvalue weighted by atomic mass is 9.97. The lowest BCUT2D eigenvalue weighted by Gasteiger charge is -2.13. The molecule has 3 heteroatoms. The molecule has 0 aromatic rings. The monoisotopic (exact) mass is 167 g/mol. The molecule has 0 aromatic heterocycles. The van der Waals surface area contributed by atoms with E-state index in [0.717, 1.165) is 12.0 Å². The lowest BCUT2D eigenvalue weighted by molar-refractivity contribution is 0.165. The van der Waals surface area contributed by atoms with Gasteiger partial charge >= 0.3 is 6.09 Å². The van der Waals surface area contributed by atoms with E-state index in [1.54, 1.807) is 0 Å². The molecule has 12 heavy (non-hydrogen) atoms. The van der Waals surface area contributed by atoms with Gasteiger partial charge in [0.1, 0.15) is 6.61 Å². The smallest absolute Gasteiger partial charge is 0.404 e. The molecular formula is C9H13NO2. The Morgan fingerprint density at radius 2 is 2.58 bits per heavy atom. The van der Waals surface area contributed by atoms with Gasteiger partial charge < -0.3 is 10.5 Å². The summed E-state index contributed by atoms with van der Waals surface area (Å²) in [5.74, 6) is 0.529. The molecule has 1 atom stereocenters. The summed E-state index contributed by atoms with van der Waals surface area (Å²) in [6.45, 7) is 2.44. The molecule has 0 spiro atoms. The predicted molar refractivity (Wildman–Crippen MR) is 46.5 cm³/mol. The van der Waals surface area contributed by atoms with Crippen molar-refractivity contribution in [2.24, 2.45) is 11.7 Å². The van der Waals surface area contributed by atoms with Crippen LogP contribution >= 0.6 is 0 Å². The number of allylic oxidation sites excluding steroid dienone is 3. The number of ether oxygens (including phenoxy) is 1. The topological polar surface area (TPSA) is 52.3 Å². The quantitative estimate of drug-likeness (QED) is 0.679. The largest absolute Gasteiger partial charge is 0.445 e. The zero-order chi connectivity index (χ0) is 8.97. The maximum Gasteiger partial charge on any atom is 0.404 e. The van der Waals surface area contributed by atoms with Gasteiger partial charge in [-0.15, -0.1) is 0 Å². The van der Waals surface area contributed by atoms with Gasteiger partial charge in [-0.25, -0.2) is 4.79 Å². The van der Waals surface area contributed by atoms with Crippen LogP contribution < -0.4 is 5.73 Å². The first kappa shape index (κ1) is 8.84. The van der Waals surface area contributed by atoms with Gasteiger partial charge in [0.05, 0.1) is 0 Å². The van der Waals surface area contributed by atoms with Crippen molar-refractivity contribution in [2.75, 3.05) is 6.61 Å². The van der Waals surface area contributed by atoms with Crippen LogP contribution in [0.1, 0.15) is 13.3 Å². The number of hydrogen-bond acceptors (Lipinski definition) is 2. The third-order valence-electron chi connectivity index (χ3n) is 1.76. The highest BCUT2D eigenvalue weighted by Gasteiger charge is 2.07. The van der Waals surface area contributed by atoms with E-state index in [1.165, 1.54) is 0 Å². The zero-order valence-electron chi connectivity index (χ0n) is 7.12. The molecule has 1 amide bonds. The van der Waals surface area contributed by atoms with Crippen LogP contribution in [0, 0.1) is 5.92 Å². The molecule has 0 bridgehead atoms. The Morgan fingerprint density at radius 1 is 1.83 bits per heavy atom. The third-order valence-corrected chi connectivity index (χ3v) is 1.76. The number of carbonyl (C=O) groups excluding carboxylic acids is 1. The molecule has 0 saturated carbocycles. The van der Waals surface area contributed by atoms with Gasteiger partial charge in [-0.2, -0.15) is 0 Å². The van der Waals surface area contributed by atoms with Gasteiger partial charge in [-0.3, -0.25) is 0 Å². The van der Waals surface area contributed by atoms with Crippen LogP contribution in [-0.2, 0) is 4.74 Å². The summed E-state index contributed by atoms with van der Waals surface area (Å²) in [5, 5.41) is 0. The predicted octanol–water partition coefficient (Wildman–Crippen LogP) is 1.60. The fourth-order valence-electron chi connectivity index (χ4n) is 1.20. The molecule has 0 saturated heterocycles. The summed E-state index contributed by atoms with van der Waals surface area (Å²) >= 11 is 0. The van der Waals surface area contributed by atoms with Crippen molar-refractivity contribution in [3.05, 3.63) is 23.8 Å². The molecule has 1 rings (SSSR count). The zero-order valence-corrected chi connectivity index (χ0v) is 7.12. The van der Waals surface area contributed by atoms with Crippen molar-refractivity contribution in [1.82, 2.24) is 0 Å². The molecule has 0 fully saturated rings.